The van der Waals surface area contributed by atoms with Gasteiger partial charge in [0, 0.05) is 15.4 Å². The number of nitrogens with zero attached hydrogens (tertiary/aromatic N) is 2. The van der Waals surface area contributed by atoms with E-state index >= 15 is 0 Å². The van der Waals surface area contributed by atoms with Gasteiger partial charge in [-0.1, -0.05) is 34.1 Å². The smallest absolute Gasteiger partial charge is 0.263 e. The fourth-order valence-corrected chi connectivity index (χ4v) is 2.84. The molecule has 2 heterocycles. The molecule has 0 saturated heterocycles. The second kappa shape index (κ2) is 5.18. The van der Waals surface area contributed by atoms with Gasteiger partial charge in [-0.15, -0.1) is 11.3 Å². The Hall–Kier alpha value is -1.99. The summed E-state index contributed by atoms with van der Waals surface area (Å²) >= 11 is 4.74. The summed E-state index contributed by atoms with van der Waals surface area (Å²) in [6.45, 7) is 0. The fraction of sp³-hybridized carbons (Fsp3) is 0. The maximum atomic E-state index is 12.2. The van der Waals surface area contributed by atoms with Crippen LogP contribution in [0.15, 0.2) is 44.4 Å². The average Bonchev–Trinajstić information content (AvgIpc) is 2.94. The summed E-state index contributed by atoms with van der Waals surface area (Å²) in [7, 11) is 0. The maximum Gasteiger partial charge on any atom is 0.263 e. The number of thiazole rings is 1. The highest BCUT2D eigenvalue weighted by atomic mass is 79.9. The van der Waals surface area contributed by atoms with Crippen LogP contribution in [0, 0.1) is 0 Å². The van der Waals surface area contributed by atoms with Crippen LogP contribution in [0.4, 0.5) is 0 Å². The lowest BCUT2D eigenvalue weighted by Gasteiger charge is -2.06. The molecular formula is C13H8BrN3O2S. The summed E-state index contributed by atoms with van der Waals surface area (Å²) in [6.07, 6.45) is 0. The third-order valence-electron chi connectivity index (χ3n) is 2.72. The zero-order valence-electron chi connectivity index (χ0n) is 10.0. The van der Waals surface area contributed by atoms with Crippen molar-refractivity contribution in [2.24, 2.45) is 0 Å². The number of aromatic hydroxyl groups is 1. The molecule has 100 valence electrons. The molecule has 0 spiro atoms. The summed E-state index contributed by atoms with van der Waals surface area (Å²) in [5, 5.41) is 11.8. The van der Waals surface area contributed by atoms with Gasteiger partial charge in [0.2, 0.25) is 5.88 Å². The lowest BCUT2D eigenvalue weighted by Crippen LogP contribution is -2.12. The average molecular weight is 350 g/mol. The Morgan fingerprint density at radius 1 is 1.30 bits per heavy atom. The van der Waals surface area contributed by atoms with E-state index in [1.165, 1.54) is 11.3 Å². The van der Waals surface area contributed by atoms with Crippen molar-refractivity contribution in [2.75, 3.05) is 0 Å². The van der Waals surface area contributed by atoms with E-state index in [1.807, 2.05) is 6.07 Å². The standard InChI is InChI=1S/C13H8BrN3O2S/c14-8-4-2-1-3-7(8)10-12(18)16-11(17-13(10)19)9-5-20-6-15-9/h1-6H,(H2,16,17,18,19). The fourth-order valence-electron chi connectivity index (χ4n) is 1.82. The van der Waals surface area contributed by atoms with Crippen molar-refractivity contribution in [1.82, 2.24) is 15.0 Å². The topological polar surface area (TPSA) is 78.9 Å². The molecule has 0 aliphatic rings. The number of halogens is 1. The summed E-state index contributed by atoms with van der Waals surface area (Å²) < 4.78 is 0.712. The molecule has 0 aliphatic carbocycles. The lowest BCUT2D eigenvalue weighted by molar-refractivity contribution is 0.454. The molecule has 3 rings (SSSR count). The minimum absolute atomic E-state index is 0.136. The van der Waals surface area contributed by atoms with Crippen LogP contribution in [0.5, 0.6) is 5.88 Å². The predicted octanol–water partition coefficient (Wildman–Crippen LogP) is 3.03. The minimum atomic E-state index is -0.410. The highest BCUT2D eigenvalue weighted by molar-refractivity contribution is 9.10. The minimum Gasteiger partial charge on any atom is -0.493 e. The van der Waals surface area contributed by atoms with Crippen molar-refractivity contribution in [3.05, 3.63) is 50.0 Å². The molecule has 0 atom stereocenters. The van der Waals surface area contributed by atoms with E-state index in [1.54, 1.807) is 29.1 Å². The Bertz CT molecular complexity index is 815. The Balaban J connectivity index is 2.20. The van der Waals surface area contributed by atoms with Crippen LogP contribution in [-0.2, 0) is 0 Å². The molecule has 0 bridgehead atoms. The summed E-state index contributed by atoms with van der Waals surface area (Å²) in [5.41, 5.74) is 2.47. The van der Waals surface area contributed by atoms with E-state index in [9.17, 15) is 9.90 Å². The van der Waals surface area contributed by atoms with Crippen molar-refractivity contribution in [3.8, 4) is 28.5 Å². The number of H-pyrrole nitrogens is 1. The van der Waals surface area contributed by atoms with Gasteiger partial charge >= 0.3 is 0 Å². The highest BCUT2D eigenvalue weighted by Gasteiger charge is 2.16. The normalized spacial score (nSPS) is 10.7. The summed E-state index contributed by atoms with van der Waals surface area (Å²) in [6, 6.07) is 7.14. The highest BCUT2D eigenvalue weighted by Crippen LogP contribution is 2.31. The van der Waals surface area contributed by atoms with Crippen LogP contribution >= 0.6 is 27.3 Å². The van der Waals surface area contributed by atoms with Crippen LogP contribution in [0.25, 0.3) is 22.6 Å². The first-order valence-corrected chi connectivity index (χ1v) is 7.37. The number of benzene rings is 1. The van der Waals surface area contributed by atoms with Crippen LogP contribution in [0.3, 0.4) is 0 Å². The molecule has 3 aromatic rings. The van der Waals surface area contributed by atoms with E-state index in [0.29, 0.717) is 15.7 Å². The molecule has 0 fully saturated rings. The number of aromatic amines is 1. The molecule has 5 nitrogen and oxygen atoms in total. The Morgan fingerprint density at radius 2 is 2.10 bits per heavy atom. The predicted molar refractivity (Wildman–Crippen MR) is 80.8 cm³/mol. The molecule has 0 saturated carbocycles. The van der Waals surface area contributed by atoms with Gasteiger partial charge in [-0.2, -0.15) is 4.98 Å². The van der Waals surface area contributed by atoms with Gasteiger partial charge in [-0.05, 0) is 6.07 Å². The number of hydrogen-bond acceptors (Lipinski definition) is 5. The molecule has 20 heavy (non-hydrogen) atoms. The molecule has 2 aromatic heterocycles. The van der Waals surface area contributed by atoms with Crippen molar-refractivity contribution < 1.29 is 5.11 Å². The number of hydrogen-bond donors (Lipinski definition) is 2. The first-order chi connectivity index (χ1) is 9.66. The molecule has 0 unspecified atom stereocenters. The summed E-state index contributed by atoms with van der Waals surface area (Å²) in [4.78, 5) is 22.9. The van der Waals surface area contributed by atoms with Crippen LogP contribution in [0.1, 0.15) is 0 Å². The monoisotopic (exact) mass is 349 g/mol. The molecule has 0 aliphatic heterocycles. The molecule has 1 aromatic carbocycles. The van der Waals surface area contributed by atoms with Gasteiger partial charge in [0.05, 0.1) is 5.51 Å². The number of nitrogens with one attached hydrogen (secondary N) is 1. The van der Waals surface area contributed by atoms with Gasteiger partial charge in [0.1, 0.15) is 11.3 Å². The van der Waals surface area contributed by atoms with Gasteiger partial charge in [-0.3, -0.25) is 4.79 Å². The van der Waals surface area contributed by atoms with Crippen LogP contribution in [-0.4, -0.2) is 20.1 Å². The quantitative estimate of drug-likeness (QED) is 0.745. The van der Waals surface area contributed by atoms with E-state index in [0.717, 1.165) is 0 Å². The van der Waals surface area contributed by atoms with Crippen molar-refractivity contribution in [3.63, 3.8) is 0 Å². The second-order valence-corrected chi connectivity index (χ2v) is 5.54. The van der Waals surface area contributed by atoms with E-state index in [-0.39, 0.29) is 17.3 Å². The number of rotatable bonds is 2. The Kier molecular flexibility index (Phi) is 3.37. The maximum absolute atomic E-state index is 12.2. The first-order valence-electron chi connectivity index (χ1n) is 5.63. The lowest BCUT2D eigenvalue weighted by atomic mass is 10.1. The SMILES string of the molecule is O=c1[nH]c(-c2cscn2)nc(O)c1-c1ccccc1Br. The zero-order chi connectivity index (χ0) is 14.1. The molecule has 2 N–H and O–H groups in total. The third-order valence-corrected chi connectivity index (χ3v) is 4.00. The van der Waals surface area contributed by atoms with Crippen LogP contribution in [0.2, 0.25) is 0 Å². The molecular weight excluding hydrogens is 342 g/mol. The molecule has 0 amide bonds. The Labute approximate surface area is 126 Å². The number of aromatic nitrogens is 3. The third kappa shape index (κ3) is 2.25. The van der Waals surface area contributed by atoms with Gasteiger partial charge in [0.15, 0.2) is 5.82 Å². The molecule has 0 radical (unpaired) electrons. The van der Waals surface area contributed by atoms with E-state index in [4.69, 9.17) is 0 Å². The largest absolute Gasteiger partial charge is 0.493 e. The van der Waals surface area contributed by atoms with E-state index < -0.39 is 5.56 Å². The van der Waals surface area contributed by atoms with Crippen molar-refractivity contribution in [1.29, 1.82) is 0 Å². The summed E-state index contributed by atoms with van der Waals surface area (Å²) in [5.74, 6) is -0.0618. The zero-order valence-corrected chi connectivity index (χ0v) is 12.4. The van der Waals surface area contributed by atoms with Crippen molar-refractivity contribution >= 4 is 27.3 Å². The van der Waals surface area contributed by atoms with E-state index in [2.05, 4.69) is 30.9 Å². The molecule has 7 heteroatoms. The van der Waals surface area contributed by atoms with Crippen LogP contribution < -0.4 is 5.56 Å². The van der Waals surface area contributed by atoms with Gasteiger partial charge < -0.3 is 10.1 Å². The van der Waals surface area contributed by atoms with Gasteiger partial charge in [0.25, 0.3) is 5.56 Å². The Morgan fingerprint density at radius 3 is 2.75 bits per heavy atom. The van der Waals surface area contributed by atoms with Crippen molar-refractivity contribution in [2.45, 2.75) is 0 Å². The van der Waals surface area contributed by atoms with Gasteiger partial charge in [-0.25, -0.2) is 4.98 Å². The first kappa shape index (κ1) is 13.0. The second-order valence-electron chi connectivity index (χ2n) is 3.97.